The molecule has 0 amide bonds. The van der Waals surface area contributed by atoms with Gasteiger partial charge in [0.2, 0.25) is 0 Å². The Balaban J connectivity index is 0.00000156. The highest BCUT2D eigenvalue weighted by Crippen LogP contribution is 2.36. The summed E-state index contributed by atoms with van der Waals surface area (Å²) in [6.45, 7) is 1.08. The molecule has 1 heterocycles. The maximum Gasteiger partial charge on any atom is 0.0527 e. The number of rotatable bonds is 4. The summed E-state index contributed by atoms with van der Waals surface area (Å²) in [6, 6.07) is 17.7. The van der Waals surface area contributed by atoms with Gasteiger partial charge in [-0.2, -0.15) is 0 Å². The predicted octanol–water partition coefficient (Wildman–Crippen LogP) is 5.84. The molecule has 2 nitrogen and oxygen atoms in total. The van der Waals surface area contributed by atoms with E-state index in [1.165, 1.54) is 29.0 Å². The van der Waals surface area contributed by atoms with Gasteiger partial charge in [-0.3, -0.25) is 0 Å². The van der Waals surface area contributed by atoms with Gasteiger partial charge in [0.25, 0.3) is 0 Å². The molecule has 2 aromatic rings. The number of nitrogens with zero attached hydrogens (tertiary/aromatic N) is 1. The van der Waals surface area contributed by atoms with Crippen molar-refractivity contribution >= 4 is 53.9 Å². The van der Waals surface area contributed by atoms with Crippen molar-refractivity contribution in [1.29, 1.82) is 0 Å². The SMILES string of the molecule is CSc1ccc(Cl)cc1N(C)[C@@H]1CCCN[C@@H]1c1ccccc1.Cl.Cl. The average Bonchev–Trinajstić information content (AvgIpc) is 2.62. The lowest BCUT2D eigenvalue weighted by atomic mass is 9.91. The van der Waals surface area contributed by atoms with E-state index in [9.17, 15) is 0 Å². The van der Waals surface area contributed by atoms with Crippen LogP contribution in [0.25, 0.3) is 0 Å². The van der Waals surface area contributed by atoms with E-state index in [1.54, 1.807) is 11.8 Å². The summed E-state index contributed by atoms with van der Waals surface area (Å²) >= 11 is 8.03. The Hall–Kier alpha value is -0.580. The first kappa shape index (κ1) is 22.5. The summed E-state index contributed by atoms with van der Waals surface area (Å²) in [4.78, 5) is 3.68. The molecule has 1 aliphatic heterocycles. The topological polar surface area (TPSA) is 15.3 Å². The molecule has 138 valence electrons. The average molecular weight is 420 g/mol. The number of piperidine rings is 1. The maximum absolute atomic E-state index is 6.26. The monoisotopic (exact) mass is 418 g/mol. The van der Waals surface area contributed by atoms with E-state index < -0.39 is 0 Å². The van der Waals surface area contributed by atoms with Crippen molar-refractivity contribution in [2.45, 2.75) is 29.8 Å². The Kier molecular flexibility index (Phi) is 9.47. The second kappa shape index (κ2) is 10.5. The predicted molar refractivity (Wildman–Crippen MR) is 116 cm³/mol. The first-order chi connectivity index (χ1) is 11.2. The zero-order chi connectivity index (χ0) is 16.2. The Morgan fingerprint density at radius 3 is 2.52 bits per heavy atom. The van der Waals surface area contributed by atoms with Gasteiger partial charge in [-0.15, -0.1) is 36.6 Å². The molecule has 3 rings (SSSR count). The van der Waals surface area contributed by atoms with E-state index in [2.05, 4.69) is 66.0 Å². The first-order valence-corrected chi connectivity index (χ1v) is 9.65. The summed E-state index contributed by atoms with van der Waals surface area (Å²) < 4.78 is 0. The fourth-order valence-corrected chi connectivity index (χ4v) is 4.19. The largest absolute Gasteiger partial charge is 0.369 e. The smallest absolute Gasteiger partial charge is 0.0527 e. The van der Waals surface area contributed by atoms with E-state index in [0.29, 0.717) is 12.1 Å². The molecular weight excluding hydrogens is 395 g/mol. The van der Waals surface area contributed by atoms with Crippen LogP contribution in [-0.4, -0.2) is 25.9 Å². The molecule has 6 heteroatoms. The second-order valence-corrected chi connectivity index (χ2v) is 7.26. The Labute approximate surface area is 172 Å². The number of anilines is 1. The molecule has 1 aliphatic rings. The number of likely N-dealkylation sites (N-methyl/N-ethyl adjacent to an activating group) is 1. The highest BCUT2D eigenvalue weighted by molar-refractivity contribution is 7.98. The lowest BCUT2D eigenvalue weighted by Gasteiger charge is -2.40. The molecule has 1 N–H and O–H groups in total. The Morgan fingerprint density at radius 2 is 1.84 bits per heavy atom. The number of halogens is 3. The van der Waals surface area contributed by atoms with E-state index in [1.807, 2.05) is 6.07 Å². The van der Waals surface area contributed by atoms with Gasteiger partial charge in [0.05, 0.1) is 11.7 Å². The molecule has 2 aromatic carbocycles. The fourth-order valence-electron chi connectivity index (χ4n) is 3.41. The Bertz CT molecular complexity index is 654. The van der Waals surface area contributed by atoms with Gasteiger partial charge in [-0.1, -0.05) is 41.9 Å². The van der Waals surface area contributed by atoms with Gasteiger partial charge in [0.1, 0.15) is 0 Å². The molecule has 1 fully saturated rings. The van der Waals surface area contributed by atoms with Crippen molar-refractivity contribution in [2.24, 2.45) is 0 Å². The van der Waals surface area contributed by atoms with Gasteiger partial charge in [0.15, 0.2) is 0 Å². The van der Waals surface area contributed by atoms with Crippen LogP contribution in [0.4, 0.5) is 5.69 Å². The van der Waals surface area contributed by atoms with E-state index in [-0.39, 0.29) is 24.8 Å². The third-order valence-electron chi connectivity index (χ3n) is 4.60. The zero-order valence-corrected chi connectivity index (χ0v) is 17.7. The normalized spacial score (nSPS) is 19.5. The van der Waals surface area contributed by atoms with Gasteiger partial charge in [-0.25, -0.2) is 0 Å². The van der Waals surface area contributed by atoms with Gasteiger partial charge in [-0.05, 0) is 49.4 Å². The van der Waals surface area contributed by atoms with Crippen molar-refractivity contribution in [3.63, 3.8) is 0 Å². The molecule has 1 saturated heterocycles. The van der Waals surface area contributed by atoms with Crippen LogP contribution < -0.4 is 10.2 Å². The summed E-state index contributed by atoms with van der Waals surface area (Å²) in [6.07, 6.45) is 4.51. The summed E-state index contributed by atoms with van der Waals surface area (Å²) in [7, 11) is 2.19. The van der Waals surface area contributed by atoms with Crippen LogP contribution in [0.5, 0.6) is 0 Å². The highest BCUT2D eigenvalue weighted by atomic mass is 35.5. The minimum absolute atomic E-state index is 0. The highest BCUT2D eigenvalue weighted by Gasteiger charge is 2.30. The van der Waals surface area contributed by atoms with Crippen LogP contribution >= 0.6 is 48.2 Å². The van der Waals surface area contributed by atoms with Crippen molar-refractivity contribution in [3.05, 3.63) is 59.1 Å². The van der Waals surface area contributed by atoms with Crippen LogP contribution in [0, 0.1) is 0 Å². The van der Waals surface area contributed by atoms with Crippen LogP contribution in [0.3, 0.4) is 0 Å². The van der Waals surface area contributed by atoms with Gasteiger partial charge >= 0.3 is 0 Å². The standard InChI is InChI=1S/C19H23ClN2S.2ClH/c1-22(17-13-15(20)10-11-18(17)23-2)16-9-6-12-21-19(16)14-7-4-3-5-8-14;;/h3-5,7-8,10-11,13,16,19,21H,6,9,12H2,1-2H3;2*1H/t16-,19-;;/m1../s1. The molecule has 0 aromatic heterocycles. The van der Waals surface area contributed by atoms with Crippen molar-refractivity contribution < 1.29 is 0 Å². The van der Waals surface area contributed by atoms with E-state index in [4.69, 9.17) is 11.6 Å². The minimum Gasteiger partial charge on any atom is -0.369 e. The lowest BCUT2D eigenvalue weighted by Crippen LogP contribution is -2.47. The summed E-state index contributed by atoms with van der Waals surface area (Å²) in [5, 5.41) is 4.50. The Morgan fingerprint density at radius 1 is 1.12 bits per heavy atom. The third-order valence-corrected chi connectivity index (χ3v) is 5.62. The molecule has 25 heavy (non-hydrogen) atoms. The van der Waals surface area contributed by atoms with Crippen LogP contribution in [0.1, 0.15) is 24.4 Å². The van der Waals surface area contributed by atoms with E-state index >= 15 is 0 Å². The molecule has 0 radical (unpaired) electrons. The van der Waals surface area contributed by atoms with Gasteiger partial charge in [0, 0.05) is 23.0 Å². The molecule has 0 aliphatic carbocycles. The van der Waals surface area contributed by atoms with Crippen LogP contribution in [0.15, 0.2) is 53.4 Å². The number of hydrogen-bond donors (Lipinski definition) is 1. The van der Waals surface area contributed by atoms with Crippen molar-refractivity contribution in [1.82, 2.24) is 5.32 Å². The lowest BCUT2D eigenvalue weighted by molar-refractivity contribution is 0.348. The first-order valence-electron chi connectivity index (χ1n) is 8.05. The molecule has 0 saturated carbocycles. The number of benzene rings is 2. The van der Waals surface area contributed by atoms with Crippen LogP contribution in [-0.2, 0) is 0 Å². The fraction of sp³-hybridized carbons (Fsp3) is 0.368. The number of hydrogen-bond acceptors (Lipinski definition) is 3. The minimum atomic E-state index is 0. The van der Waals surface area contributed by atoms with E-state index in [0.717, 1.165) is 11.6 Å². The maximum atomic E-state index is 6.26. The molecular formula is C19H25Cl3N2S. The quantitative estimate of drug-likeness (QED) is 0.627. The van der Waals surface area contributed by atoms with Crippen molar-refractivity contribution in [3.8, 4) is 0 Å². The molecule has 0 unspecified atom stereocenters. The summed E-state index contributed by atoms with van der Waals surface area (Å²) in [5.74, 6) is 0. The van der Waals surface area contributed by atoms with Crippen LogP contribution in [0.2, 0.25) is 5.02 Å². The zero-order valence-electron chi connectivity index (χ0n) is 14.4. The molecule has 0 bridgehead atoms. The molecule has 2 atom stereocenters. The summed E-state index contributed by atoms with van der Waals surface area (Å²) in [5.41, 5.74) is 2.58. The van der Waals surface area contributed by atoms with Gasteiger partial charge < -0.3 is 10.2 Å². The number of nitrogens with one attached hydrogen (secondary N) is 1. The van der Waals surface area contributed by atoms with Crippen molar-refractivity contribution in [2.75, 3.05) is 24.7 Å². The second-order valence-electron chi connectivity index (χ2n) is 5.98. The number of thioether (sulfide) groups is 1. The molecule has 0 spiro atoms. The third kappa shape index (κ3) is 5.21.